The lowest BCUT2D eigenvalue weighted by molar-refractivity contribution is 0.0961. The third-order valence-corrected chi connectivity index (χ3v) is 5.06. The summed E-state index contributed by atoms with van der Waals surface area (Å²) in [5.74, 6) is 1.14. The van der Waals surface area contributed by atoms with Crippen LogP contribution in [0.4, 0.5) is 4.39 Å². The molecule has 2 heterocycles. The van der Waals surface area contributed by atoms with Crippen LogP contribution >= 0.6 is 0 Å². The highest BCUT2D eigenvalue weighted by Crippen LogP contribution is 2.29. The summed E-state index contributed by atoms with van der Waals surface area (Å²) in [4.78, 5) is 7.03. The maximum atomic E-state index is 14.3. The number of likely N-dealkylation sites (tertiary alicyclic amines) is 1. The van der Waals surface area contributed by atoms with Crippen LogP contribution in [0, 0.1) is 12.7 Å². The Labute approximate surface area is 154 Å². The van der Waals surface area contributed by atoms with Gasteiger partial charge in [-0.05, 0) is 44.9 Å². The van der Waals surface area contributed by atoms with Crippen LogP contribution < -0.4 is 4.74 Å². The highest BCUT2D eigenvalue weighted by Gasteiger charge is 2.25. The lowest BCUT2D eigenvalue weighted by Crippen LogP contribution is -2.39. The lowest BCUT2D eigenvalue weighted by atomic mass is 9.99. The summed E-state index contributed by atoms with van der Waals surface area (Å²) in [6, 6.07) is 5.20. The van der Waals surface area contributed by atoms with Crippen molar-refractivity contribution in [2.45, 2.75) is 45.2 Å². The van der Waals surface area contributed by atoms with Gasteiger partial charge in [0.25, 0.3) is 0 Å². The normalized spacial score (nSPS) is 18.2. The summed E-state index contributed by atoms with van der Waals surface area (Å²) >= 11 is 0. The first kappa shape index (κ1) is 18.9. The van der Waals surface area contributed by atoms with Gasteiger partial charge in [0.2, 0.25) is 5.89 Å². The van der Waals surface area contributed by atoms with E-state index in [0.717, 1.165) is 37.6 Å². The van der Waals surface area contributed by atoms with Crippen LogP contribution in [0.15, 0.2) is 22.6 Å². The smallest absolute Gasteiger partial charge is 0.229 e. The number of ether oxygens (including phenoxy) is 2. The number of oxazole rings is 1. The van der Waals surface area contributed by atoms with Crippen LogP contribution in [-0.4, -0.2) is 43.3 Å². The van der Waals surface area contributed by atoms with Crippen molar-refractivity contribution in [1.82, 2.24) is 9.88 Å². The van der Waals surface area contributed by atoms with E-state index in [1.807, 2.05) is 6.92 Å². The van der Waals surface area contributed by atoms with E-state index >= 15 is 0 Å². The van der Waals surface area contributed by atoms with E-state index in [0.29, 0.717) is 23.2 Å². The summed E-state index contributed by atoms with van der Waals surface area (Å²) in [6.45, 7) is 4.43. The van der Waals surface area contributed by atoms with Gasteiger partial charge in [0.1, 0.15) is 17.3 Å². The molecular formula is C20H27FN2O3. The van der Waals surface area contributed by atoms with Gasteiger partial charge < -0.3 is 13.9 Å². The zero-order chi connectivity index (χ0) is 18.5. The minimum absolute atomic E-state index is 0.322. The standard InChI is InChI=1S/C20H27FN2O3/c1-14-19(13-23-10-5-4-6-15(23)9-11-24-2)22-20(26-14)17-8-7-16(25-3)12-18(17)21/h7-8,12,15H,4-6,9-11,13H2,1-3H3/t15-/m0/s1. The molecule has 0 bridgehead atoms. The van der Waals surface area contributed by atoms with Crippen LogP contribution in [0.2, 0.25) is 0 Å². The van der Waals surface area contributed by atoms with Crippen LogP contribution in [0.3, 0.4) is 0 Å². The van der Waals surface area contributed by atoms with Crippen LogP contribution in [0.1, 0.15) is 37.1 Å². The van der Waals surface area contributed by atoms with Gasteiger partial charge in [0, 0.05) is 32.4 Å². The summed E-state index contributed by atoms with van der Waals surface area (Å²) in [5.41, 5.74) is 1.23. The van der Waals surface area contributed by atoms with Crippen LogP contribution in [0.5, 0.6) is 5.75 Å². The number of aryl methyl sites for hydroxylation is 1. The Morgan fingerprint density at radius 3 is 2.88 bits per heavy atom. The van der Waals surface area contributed by atoms with E-state index < -0.39 is 5.82 Å². The Bertz CT molecular complexity index is 732. The maximum Gasteiger partial charge on any atom is 0.229 e. The largest absolute Gasteiger partial charge is 0.497 e. The Morgan fingerprint density at radius 2 is 2.15 bits per heavy atom. The molecule has 0 unspecified atom stereocenters. The van der Waals surface area contributed by atoms with E-state index in [1.165, 1.54) is 32.4 Å². The lowest BCUT2D eigenvalue weighted by Gasteiger charge is -2.35. The van der Waals surface area contributed by atoms with Crippen molar-refractivity contribution < 1.29 is 18.3 Å². The number of rotatable bonds is 7. The molecule has 0 aliphatic carbocycles. The molecule has 142 valence electrons. The SMILES string of the molecule is COCC[C@@H]1CCCCN1Cc1nc(-c2ccc(OC)cc2F)oc1C. The average Bonchev–Trinajstić information content (AvgIpc) is 3.01. The summed E-state index contributed by atoms with van der Waals surface area (Å²) < 4.78 is 30.4. The highest BCUT2D eigenvalue weighted by molar-refractivity contribution is 5.56. The summed E-state index contributed by atoms with van der Waals surface area (Å²) in [5, 5.41) is 0. The number of nitrogens with zero attached hydrogens (tertiary/aromatic N) is 2. The van der Waals surface area contributed by atoms with Crippen LogP contribution in [0.25, 0.3) is 11.5 Å². The van der Waals surface area contributed by atoms with E-state index in [4.69, 9.17) is 13.9 Å². The molecule has 0 radical (unpaired) electrons. The van der Waals surface area contributed by atoms with Gasteiger partial charge >= 0.3 is 0 Å². The molecule has 0 spiro atoms. The number of methoxy groups -OCH3 is 2. The first-order chi connectivity index (χ1) is 12.6. The molecule has 1 fully saturated rings. The third kappa shape index (κ3) is 4.24. The predicted octanol–water partition coefficient (Wildman–Crippen LogP) is 4.19. The van der Waals surface area contributed by atoms with Gasteiger partial charge in [-0.15, -0.1) is 0 Å². The van der Waals surface area contributed by atoms with Gasteiger partial charge in [-0.25, -0.2) is 9.37 Å². The van der Waals surface area contributed by atoms with Gasteiger partial charge in [-0.3, -0.25) is 4.90 Å². The molecular weight excluding hydrogens is 335 g/mol. The molecule has 0 N–H and O–H groups in total. The van der Waals surface area contributed by atoms with E-state index in [9.17, 15) is 4.39 Å². The monoisotopic (exact) mass is 362 g/mol. The molecule has 1 atom stereocenters. The molecule has 2 aromatic rings. The first-order valence-corrected chi connectivity index (χ1v) is 9.15. The minimum atomic E-state index is -0.395. The fourth-order valence-electron chi connectivity index (χ4n) is 3.53. The summed E-state index contributed by atoms with van der Waals surface area (Å²) in [6.07, 6.45) is 4.65. The average molecular weight is 362 g/mol. The maximum absolute atomic E-state index is 14.3. The molecule has 0 saturated carbocycles. The molecule has 1 aliphatic heterocycles. The van der Waals surface area contributed by atoms with Gasteiger partial charge in [0.05, 0.1) is 18.4 Å². The van der Waals surface area contributed by atoms with Crippen molar-refractivity contribution in [2.24, 2.45) is 0 Å². The second kappa shape index (κ2) is 8.64. The van der Waals surface area contributed by atoms with Crippen molar-refractivity contribution in [3.8, 4) is 17.2 Å². The zero-order valence-corrected chi connectivity index (χ0v) is 15.8. The molecule has 1 saturated heterocycles. The number of halogens is 1. The number of benzene rings is 1. The molecule has 0 amide bonds. The fraction of sp³-hybridized carbons (Fsp3) is 0.550. The van der Waals surface area contributed by atoms with E-state index in [1.54, 1.807) is 19.2 Å². The number of hydrogen-bond acceptors (Lipinski definition) is 5. The van der Waals surface area contributed by atoms with Gasteiger partial charge in [-0.1, -0.05) is 6.42 Å². The topological polar surface area (TPSA) is 47.7 Å². The molecule has 1 aliphatic rings. The van der Waals surface area contributed by atoms with Crippen molar-refractivity contribution in [1.29, 1.82) is 0 Å². The summed E-state index contributed by atoms with van der Waals surface area (Å²) in [7, 11) is 3.26. The number of aromatic nitrogens is 1. The molecule has 3 rings (SSSR count). The zero-order valence-electron chi connectivity index (χ0n) is 15.8. The molecule has 1 aromatic heterocycles. The third-order valence-electron chi connectivity index (χ3n) is 5.06. The van der Waals surface area contributed by atoms with Crippen molar-refractivity contribution in [3.63, 3.8) is 0 Å². The van der Waals surface area contributed by atoms with Crippen LogP contribution in [-0.2, 0) is 11.3 Å². The van der Waals surface area contributed by atoms with Crippen molar-refractivity contribution in [3.05, 3.63) is 35.5 Å². The first-order valence-electron chi connectivity index (χ1n) is 9.15. The van der Waals surface area contributed by atoms with Crippen molar-refractivity contribution >= 4 is 0 Å². The minimum Gasteiger partial charge on any atom is -0.497 e. The van der Waals surface area contributed by atoms with E-state index in [-0.39, 0.29) is 0 Å². The van der Waals surface area contributed by atoms with Crippen molar-refractivity contribution in [2.75, 3.05) is 27.4 Å². The number of hydrogen-bond donors (Lipinski definition) is 0. The quantitative estimate of drug-likeness (QED) is 0.739. The van der Waals surface area contributed by atoms with E-state index in [2.05, 4.69) is 9.88 Å². The predicted molar refractivity (Wildman–Crippen MR) is 97.7 cm³/mol. The van der Waals surface area contributed by atoms with Gasteiger partial charge in [0.15, 0.2) is 0 Å². The Morgan fingerprint density at radius 1 is 1.31 bits per heavy atom. The Balaban J connectivity index is 1.77. The molecule has 1 aromatic carbocycles. The highest BCUT2D eigenvalue weighted by atomic mass is 19.1. The molecule has 5 nitrogen and oxygen atoms in total. The second-order valence-corrected chi connectivity index (χ2v) is 6.77. The molecule has 6 heteroatoms. The van der Waals surface area contributed by atoms with Gasteiger partial charge in [-0.2, -0.15) is 0 Å². The Hall–Kier alpha value is -1.92. The fourth-order valence-corrected chi connectivity index (χ4v) is 3.53. The number of piperidine rings is 1. The second-order valence-electron chi connectivity index (χ2n) is 6.77. The molecule has 26 heavy (non-hydrogen) atoms. The Kier molecular flexibility index (Phi) is 6.27.